The lowest BCUT2D eigenvalue weighted by molar-refractivity contribution is 0.0940. The molecule has 2 heterocycles. The number of aryl methyl sites for hydroxylation is 2. The van der Waals surface area contributed by atoms with Gasteiger partial charge in [-0.05, 0) is 26.8 Å². The van der Waals surface area contributed by atoms with Gasteiger partial charge in [0.05, 0.1) is 27.3 Å². The average molecular weight is 330 g/mol. The number of thiazole rings is 1. The molecule has 0 bridgehead atoms. The third-order valence-corrected chi connectivity index (χ3v) is 4.68. The molecule has 0 saturated carbocycles. The van der Waals surface area contributed by atoms with Gasteiger partial charge in [0.15, 0.2) is 0 Å². The first kappa shape index (κ1) is 15.2. The fourth-order valence-electron chi connectivity index (χ4n) is 1.84. The smallest absolute Gasteiger partial charge is 0.253 e. The zero-order valence-corrected chi connectivity index (χ0v) is 13.5. The Bertz CT molecular complexity index is 657. The van der Waals surface area contributed by atoms with Gasteiger partial charge in [0, 0.05) is 11.1 Å². The third kappa shape index (κ3) is 3.29. The van der Waals surface area contributed by atoms with Gasteiger partial charge in [0.25, 0.3) is 5.91 Å². The Morgan fingerprint density at radius 3 is 2.65 bits per heavy atom. The number of nitrogens with one attached hydrogen (secondary N) is 1. The maximum atomic E-state index is 12.1. The van der Waals surface area contributed by atoms with E-state index in [-0.39, 0.29) is 22.1 Å². The lowest BCUT2D eigenvalue weighted by Gasteiger charge is -2.13. The predicted molar refractivity (Wildman–Crippen MR) is 81.7 cm³/mol. The average Bonchev–Trinajstić information content (AvgIpc) is 2.71. The molecule has 2 aromatic heterocycles. The summed E-state index contributed by atoms with van der Waals surface area (Å²) >= 11 is 13.2. The summed E-state index contributed by atoms with van der Waals surface area (Å²) in [6.07, 6.45) is 1.40. The molecule has 0 fully saturated rings. The summed E-state index contributed by atoms with van der Waals surface area (Å²) in [5, 5.41) is 4.33. The van der Waals surface area contributed by atoms with Gasteiger partial charge in [0.2, 0.25) is 0 Å². The number of hydrogen-bond donors (Lipinski definition) is 1. The number of nitrogens with zero attached hydrogens (tertiary/aromatic N) is 2. The van der Waals surface area contributed by atoms with Gasteiger partial charge in [-0.1, -0.05) is 23.2 Å². The van der Waals surface area contributed by atoms with Gasteiger partial charge in [-0.15, -0.1) is 11.3 Å². The lowest BCUT2D eigenvalue weighted by Crippen LogP contribution is -2.26. The summed E-state index contributed by atoms with van der Waals surface area (Å²) in [4.78, 5) is 21.4. The molecule has 1 amide bonds. The van der Waals surface area contributed by atoms with Gasteiger partial charge in [-0.25, -0.2) is 9.97 Å². The van der Waals surface area contributed by atoms with E-state index < -0.39 is 0 Å². The van der Waals surface area contributed by atoms with Gasteiger partial charge in [-0.3, -0.25) is 4.79 Å². The minimum Gasteiger partial charge on any atom is -0.345 e. The Labute approximate surface area is 131 Å². The molecule has 1 unspecified atom stereocenters. The van der Waals surface area contributed by atoms with Crippen LogP contribution in [0.25, 0.3) is 0 Å². The van der Waals surface area contributed by atoms with E-state index in [9.17, 15) is 4.79 Å². The highest BCUT2D eigenvalue weighted by Gasteiger charge is 2.17. The molecule has 2 rings (SSSR count). The molecule has 20 heavy (non-hydrogen) atoms. The van der Waals surface area contributed by atoms with Crippen molar-refractivity contribution in [3.05, 3.63) is 43.6 Å². The molecule has 0 aliphatic heterocycles. The van der Waals surface area contributed by atoms with Crippen LogP contribution in [0.2, 0.25) is 10.2 Å². The number of pyridine rings is 1. The summed E-state index contributed by atoms with van der Waals surface area (Å²) < 4.78 is 0. The number of rotatable bonds is 3. The van der Waals surface area contributed by atoms with E-state index >= 15 is 0 Å². The van der Waals surface area contributed by atoms with Crippen molar-refractivity contribution in [2.24, 2.45) is 0 Å². The van der Waals surface area contributed by atoms with Gasteiger partial charge in [0.1, 0.15) is 5.15 Å². The quantitative estimate of drug-likeness (QED) is 0.867. The fourth-order valence-corrected chi connectivity index (χ4v) is 3.04. The second-order valence-corrected chi connectivity index (χ2v) is 6.37. The fraction of sp³-hybridized carbons (Fsp3) is 0.308. The van der Waals surface area contributed by atoms with E-state index in [4.69, 9.17) is 23.2 Å². The maximum Gasteiger partial charge on any atom is 0.253 e. The van der Waals surface area contributed by atoms with Crippen molar-refractivity contribution >= 4 is 40.4 Å². The minimum atomic E-state index is -0.242. The highest BCUT2D eigenvalue weighted by Crippen LogP contribution is 2.25. The molecule has 0 aliphatic rings. The van der Waals surface area contributed by atoms with Crippen LogP contribution in [0.1, 0.15) is 38.9 Å². The molecule has 0 aromatic carbocycles. The van der Waals surface area contributed by atoms with Crippen LogP contribution in [-0.2, 0) is 0 Å². The van der Waals surface area contributed by atoms with Gasteiger partial charge in [-0.2, -0.15) is 0 Å². The Balaban J connectivity index is 2.15. The first-order valence-corrected chi connectivity index (χ1v) is 7.51. The van der Waals surface area contributed by atoms with E-state index in [1.165, 1.54) is 12.3 Å². The van der Waals surface area contributed by atoms with Crippen molar-refractivity contribution < 1.29 is 4.79 Å². The molecular weight excluding hydrogens is 317 g/mol. The summed E-state index contributed by atoms with van der Waals surface area (Å²) in [7, 11) is 0. The Hall–Kier alpha value is -1.17. The molecule has 0 saturated heterocycles. The van der Waals surface area contributed by atoms with Gasteiger partial charge < -0.3 is 5.32 Å². The summed E-state index contributed by atoms with van der Waals surface area (Å²) in [6.45, 7) is 5.80. The molecule has 0 radical (unpaired) electrons. The van der Waals surface area contributed by atoms with Crippen molar-refractivity contribution in [2.75, 3.05) is 0 Å². The Kier molecular flexibility index (Phi) is 4.62. The molecule has 106 valence electrons. The Morgan fingerprint density at radius 2 is 2.10 bits per heavy atom. The number of carbonyl (C=O) groups is 1. The van der Waals surface area contributed by atoms with Crippen molar-refractivity contribution in [1.29, 1.82) is 0 Å². The van der Waals surface area contributed by atoms with E-state index in [0.29, 0.717) is 5.56 Å². The largest absolute Gasteiger partial charge is 0.345 e. The van der Waals surface area contributed by atoms with Crippen LogP contribution in [-0.4, -0.2) is 15.9 Å². The predicted octanol–water partition coefficient (Wildman–Crippen LogP) is 3.95. The SMILES string of the molecule is Cc1nc(C)c(C(C)NC(=O)c2cnc(Cl)c(Cl)c2)s1. The van der Waals surface area contributed by atoms with E-state index in [1.54, 1.807) is 11.3 Å². The highest BCUT2D eigenvalue weighted by atomic mass is 35.5. The zero-order chi connectivity index (χ0) is 14.9. The molecule has 2 aromatic rings. The second kappa shape index (κ2) is 6.08. The van der Waals surface area contributed by atoms with Crippen LogP contribution < -0.4 is 5.32 Å². The van der Waals surface area contributed by atoms with Crippen LogP contribution in [0.15, 0.2) is 12.3 Å². The molecule has 1 N–H and O–H groups in total. The summed E-state index contributed by atoms with van der Waals surface area (Å²) in [5.41, 5.74) is 1.32. The number of hydrogen-bond acceptors (Lipinski definition) is 4. The van der Waals surface area contributed by atoms with Gasteiger partial charge >= 0.3 is 0 Å². The number of aromatic nitrogens is 2. The number of halogens is 2. The molecule has 4 nitrogen and oxygen atoms in total. The third-order valence-electron chi connectivity index (χ3n) is 2.74. The first-order valence-electron chi connectivity index (χ1n) is 5.94. The van der Waals surface area contributed by atoms with Crippen LogP contribution in [0, 0.1) is 13.8 Å². The van der Waals surface area contributed by atoms with E-state index in [1.807, 2.05) is 20.8 Å². The molecule has 7 heteroatoms. The van der Waals surface area contributed by atoms with Crippen molar-refractivity contribution in [2.45, 2.75) is 26.8 Å². The van der Waals surface area contributed by atoms with Crippen molar-refractivity contribution in [3.63, 3.8) is 0 Å². The molecule has 1 atom stereocenters. The molecule has 0 spiro atoms. The van der Waals surface area contributed by atoms with Crippen LogP contribution in [0.5, 0.6) is 0 Å². The first-order chi connectivity index (χ1) is 9.38. The van der Waals surface area contributed by atoms with E-state index in [2.05, 4.69) is 15.3 Å². The normalized spacial score (nSPS) is 12.2. The zero-order valence-electron chi connectivity index (χ0n) is 11.2. The molecular formula is C13H13Cl2N3OS. The maximum absolute atomic E-state index is 12.1. The second-order valence-electron chi connectivity index (χ2n) is 4.37. The Morgan fingerprint density at radius 1 is 1.40 bits per heavy atom. The monoisotopic (exact) mass is 329 g/mol. The number of amides is 1. The van der Waals surface area contributed by atoms with Crippen LogP contribution >= 0.6 is 34.5 Å². The summed E-state index contributed by atoms with van der Waals surface area (Å²) in [5.74, 6) is -0.242. The standard InChI is InChI=1S/C13H13Cl2N3OS/c1-6-11(20-8(3)17-6)7(2)18-13(19)9-4-10(14)12(15)16-5-9/h4-5,7H,1-3H3,(H,18,19). The summed E-state index contributed by atoms with van der Waals surface area (Å²) in [6, 6.07) is 1.38. The number of carbonyl (C=O) groups excluding carboxylic acids is 1. The topological polar surface area (TPSA) is 54.9 Å². The highest BCUT2D eigenvalue weighted by molar-refractivity contribution is 7.11. The van der Waals surface area contributed by atoms with Crippen LogP contribution in [0.3, 0.4) is 0 Å². The van der Waals surface area contributed by atoms with E-state index in [0.717, 1.165) is 15.6 Å². The van der Waals surface area contributed by atoms with Crippen molar-refractivity contribution in [1.82, 2.24) is 15.3 Å². The minimum absolute atomic E-state index is 0.122. The lowest BCUT2D eigenvalue weighted by atomic mass is 10.2. The molecule has 0 aliphatic carbocycles. The van der Waals surface area contributed by atoms with Crippen molar-refractivity contribution in [3.8, 4) is 0 Å². The van der Waals surface area contributed by atoms with Crippen LogP contribution in [0.4, 0.5) is 0 Å².